The van der Waals surface area contributed by atoms with Gasteiger partial charge in [0, 0.05) is 63.6 Å². The van der Waals surface area contributed by atoms with Crippen molar-refractivity contribution in [3.05, 3.63) is 67.5 Å². The van der Waals surface area contributed by atoms with E-state index in [2.05, 4.69) is 32.0 Å². The largest absolute Gasteiger partial charge is 0.494 e. The first kappa shape index (κ1) is 38.0. The molecule has 12 nitrogen and oxygen atoms in total. The van der Waals surface area contributed by atoms with Crippen molar-refractivity contribution >= 4 is 50.0 Å². The van der Waals surface area contributed by atoms with Crippen LogP contribution in [-0.4, -0.2) is 91.9 Å². The van der Waals surface area contributed by atoms with Gasteiger partial charge in [-0.3, -0.25) is 4.79 Å². The molecule has 0 bridgehead atoms. The van der Waals surface area contributed by atoms with Gasteiger partial charge in [0.05, 0.1) is 35.4 Å². The number of rotatable bonds is 12. The summed E-state index contributed by atoms with van der Waals surface area (Å²) in [7, 11) is 2.78. The molecule has 48 heavy (non-hydrogen) atoms. The van der Waals surface area contributed by atoms with Gasteiger partial charge >= 0.3 is 10.2 Å². The summed E-state index contributed by atoms with van der Waals surface area (Å²) < 4.78 is 34.3. The molecule has 0 unspecified atom stereocenters. The first-order chi connectivity index (χ1) is 23.1. The van der Waals surface area contributed by atoms with Crippen LogP contribution in [0.5, 0.6) is 5.75 Å². The summed E-state index contributed by atoms with van der Waals surface area (Å²) in [6.45, 7) is 15.5. The molecule has 1 aliphatic heterocycles. The van der Waals surface area contributed by atoms with Gasteiger partial charge in [0.2, 0.25) is 11.9 Å². The highest BCUT2D eigenvalue weighted by Gasteiger charge is 2.23. The zero-order chi connectivity index (χ0) is 35.4. The third-order valence-corrected chi connectivity index (χ3v) is 9.41. The number of aromatic nitrogens is 3. The van der Waals surface area contributed by atoms with Crippen molar-refractivity contribution in [1.82, 2.24) is 23.1 Å². The quantitative estimate of drug-likeness (QED) is 0.168. The number of benzene rings is 2. The van der Waals surface area contributed by atoms with E-state index in [0.717, 1.165) is 37.3 Å². The highest BCUT2D eigenvalue weighted by atomic mass is 32.2. The maximum atomic E-state index is 13.1. The van der Waals surface area contributed by atoms with E-state index in [1.165, 1.54) is 41.3 Å². The number of amides is 1. The van der Waals surface area contributed by atoms with Crippen LogP contribution in [0.3, 0.4) is 0 Å². The van der Waals surface area contributed by atoms with Gasteiger partial charge in [-0.05, 0) is 50.2 Å². The van der Waals surface area contributed by atoms with Gasteiger partial charge in [0.1, 0.15) is 5.75 Å². The number of carbonyl (C=O) groups excluding carboxylic acids is 1. The van der Waals surface area contributed by atoms with E-state index in [-0.39, 0.29) is 11.9 Å². The third-order valence-electron chi connectivity index (χ3n) is 7.69. The Morgan fingerprint density at radius 3 is 2.38 bits per heavy atom. The first-order valence-corrected chi connectivity index (χ1v) is 17.7. The van der Waals surface area contributed by atoms with Crippen molar-refractivity contribution in [2.24, 2.45) is 0 Å². The van der Waals surface area contributed by atoms with E-state index < -0.39 is 10.2 Å². The molecule has 1 saturated heterocycles. The lowest BCUT2D eigenvalue weighted by Crippen LogP contribution is -2.32. The van der Waals surface area contributed by atoms with Gasteiger partial charge in [-0.2, -0.15) is 12.7 Å². The molecule has 4 aromatic rings. The molecule has 0 atom stereocenters. The fourth-order valence-electron chi connectivity index (χ4n) is 5.26. The maximum absolute atomic E-state index is 13.1. The Balaban J connectivity index is 0.00000151. The van der Waals surface area contributed by atoms with Gasteiger partial charge in [0.25, 0.3) is 0 Å². The normalized spacial score (nSPS) is 12.9. The molecule has 5 rings (SSSR count). The summed E-state index contributed by atoms with van der Waals surface area (Å²) in [6.07, 6.45) is 6.84. The summed E-state index contributed by atoms with van der Waals surface area (Å²) in [6, 6.07) is 12.6. The summed E-state index contributed by atoms with van der Waals surface area (Å²) in [4.78, 5) is 26.0. The topological polar surface area (TPSA) is 125 Å². The van der Waals surface area contributed by atoms with Gasteiger partial charge in [-0.25, -0.2) is 13.9 Å². The summed E-state index contributed by atoms with van der Waals surface area (Å²) in [5.74, 6) is 0.467. The molecule has 0 saturated carbocycles. The average Bonchev–Trinajstić information content (AvgIpc) is 3.78. The van der Waals surface area contributed by atoms with E-state index in [1.54, 1.807) is 43.8 Å². The lowest BCUT2D eigenvalue weighted by Gasteiger charge is -2.26. The molecular formula is C35H50N8O4S. The van der Waals surface area contributed by atoms with Crippen molar-refractivity contribution in [2.75, 3.05) is 70.0 Å². The second kappa shape index (κ2) is 17.6. The van der Waals surface area contributed by atoms with Gasteiger partial charge < -0.3 is 25.2 Å². The lowest BCUT2D eigenvalue weighted by atomic mass is 10.1. The van der Waals surface area contributed by atoms with E-state index >= 15 is 0 Å². The standard InChI is InChI=1S/C31H38N8O4S.2C2H6/c1-6-30(40)33-25-19-26(29(43-5)20-28(25)37(4)17-18-38-15-9-10-16-38)35-31-32-14-13-24(34-31)23-21-39(44(41,42)36(2)3)27-12-8-7-11-22(23)27;2*1-2/h6-8,11-14,19-21H,1,9-10,15-18H2,2-5H3,(H,33,40)(H,32,34,35);2*1-2H3. The number of methoxy groups -OCH3 is 1. The van der Waals surface area contributed by atoms with E-state index in [0.29, 0.717) is 33.9 Å². The van der Waals surface area contributed by atoms with E-state index in [1.807, 2.05) is 52.9 Å². The molecule has 0 radical (unpaired) electrons. The predicted octanol–water partition coefficient (Wildman–Crippen LogP) is 6.21. The van der Waals surface area contributed by atoms with E-state index in [9.17, 15) is 13.2 Å². The minimum Gasteiger partial charge on any atom is -0.494 e. The number of likely N-dealkylation sites (tertiary alicyclic amines) is 1. The second-order valence-corrected chi connectivity index (χ2v) is 12.8. The number of hydrogen-bond acceptors (Lipinski definition) is 9. The molecule has 1 amide bonds. The molecule has 2 aromatic carbocycles. The lowest BCUT2D eigenvalue weighted by molar-refractivity contribution is -0.111. The van der Waals surface area contributed by atoms with Crippen LogP contribution in [0.1, 0.15) is 40.5 Å². The van der Waals surface area contributed by atoms with Gasteiger partial charge in [0.15, 0.2) is 0 Å². The van der Waals surface area contributed by atoms with Crippen LogP contribution in [0.4, 0.5) is 23.0 Å². The minimum absolute atomic E-state index is 0.268. The number of hydrogen-bond donors (Lipinski definition) is 2. The van der Waals surface area contributed by atoms with Gasteiger partial charge in [-0.1, -0.05) is 52.5 Å². The molecule has 0 aliphatic carbocycles. The van der Waals surface area contributed by atoms with Crippen LogP contribution in [-0.2, 0) is 15.0 Å². The zero-order valence-corrected chi connectivity index (χ0v) is 30.3. The van der Waals surface area contributed by atoms with Crippen LogP contribution in [0, 0.1) is 0 Å². The highest BCUT2D eigenvalue weighted by Crippen LogP contribution is 2.38. The van der Waals surface area contributed by atoms with Crippen LogP contribution in [0.2, 0.25) is 0 Å². The van der Waals surface area contributed by atoms with Crippen molar-refractivity contribution < 1.29 is 17.9 Å². The summed E-state index contributed by atoms with van der Waals surface area (Å²) in [5, 5.41) is 6.88. The molecular weight excluding hydrogens is 629 g/mol. The number of nitrogens with zero attached hydrogens (tertiary/aromatic N) is 6. The number of nitrogens with one attached hydrogen (secondary N) is 2. The Bertz CT molecular complexity index is 1780. The van der Waals surface area contributed by atoms with Crippen molar-refractivity contribution in [1.29, 1.82) is 0 Å². The Kier molecular flexibility index (Phi) is 13.9. The molecule has 1 aliphatic rings. The number of likely N-dealkylation sites (N-methyl/N-ethyl adjacent to an activating group) is 1. The number of fused-ring (bicyclic) bond motifs is 1. The average molecular weight is 679 g/mol. The minimum atomic E-state index is -3.77. The fourth-order valence-corrected chi connectivity index (χ4v) is 6.26. The van der Waals surface area contributed by atoms with E-state index in [4.69, 9.17) is 9.72 Å². The summed E-state index contributed by atoms with van der Waals surface area (Å²) >= 11 is 0. The molecule has 3 heterocycles. The number of anilines is 4. The molecule has 1 fully saturated rings. The van der Waals surface area contributed by atoms with Crippen molar-refractivity contribution in [3.63, 3.8) is 0 Å². The van der Waals surface area contributed by atoms with Gasteiger partial charge in [-0.15, -0.1) is 0 Å². The van der Waals surface area contributed by atoms with Crippen molar-refractivity contribution in [3.8, 4) is 17.0 Å². The Morgan fingerprint density at radius 2 is 1.73 bits per heavy atom. The monoisotopic (exact) mass is 678 g/mol. The number of carbonyl (C=O) groups is 1. The van der Waals surface area contributed by atoms with Crippen LogP contribution in [0.25, 0.3) is 22.2 Å². The Hall–Kier alpha value is -4.46. The third kappa shape index (κ3) is 8.71. The second-order valence-electron chi connectivity index (χ2n) is 10.8. The Morgan fingerprint density at radius 1 is 1.04 bits per heavy atom. The van der Waals surface area contributed by atoms with Crippen LogP contribution in [0.15, 0.2) is 67.5 Å². The first-order valence-electron chi connectivity index (χ1n) is 16.3. The highest BCUT2D eigenvalue weighted by molar-refractivity contribution is 7.87. The predicted molar refractivity (Wildman–Crippen MR) is 198 cm³/mol. The molecule has 2 aromatic heterocycles. The molecule has 260 valence electrons. The number of para-hydroxylation sites is 1. The smallest absolute Gasteiger partial charge is 0.307 e. The fraction of sp³-hybridized carbons (Fsp3) is 0.400. The van der Waals surface area contributed by atoms with Crippen LogP contribution >= 0.6 is 0 Å². The number of ether oxygens (including phenoxy) is 1. The molecule has 0 spiro atoms. The molecule has 2 N–H and O–H groups in total. The Labute approximate surface area is 285 Å². The SMILES string of the molecule is C=CC(=O)Nc1cc(Nc2nccc(-c3cn(S(=O)(=O)N(C)C)c4ccccc34)n2)c(OC)cc1N(C)CCN1CCCC1.CC.CC. The summed E-state index contributed by atoms with van der Waals surface area (Å²) in [5.41, 5.74) is 3.62. The zero-order valence-electron chi connectivity index (χ0n) is 29.4. The van der Waals surface area contributed by atoms with Crippen LogP contribution < -0.4 is 20.3 Å². The van der Waals surface area contributed by atoms with Crippen molar-refractivity contribution in [2.45, 2.75) is 40.5 Å². The molecule has 13 heteroatoms. The maximum Gasteiger partial charge on any atom is 0.307 e.